The van der Waals surface area contributed by atoms with Crippen molar-refractivity contribution in [2.24, 2.45) is 5.73 Å². The van der Waals surface area contributed by atoms with E-state index in [9.17, 15) is 4.21 Å². The molecule has 0 saturated carbocycles. The maximum atomic E-state index is 11.4. The molecule has 1 aliphatic rings. The lowest BCUT2D eigenvalue weighted by atomic mass is 10.2. The summed E-state index contributed by atoms with van der Waals surface area (Å²) < 4.78 is 16.8. The second-order valence-corrected chi connectivity index (χ2v) is 5.11. The van der Waals surface area contributed by atoms with E-state index in [1.165, 1.54) is 6.42 Å². The van der Waals surface area contributed by atoms with Crippen LogP contribution in [0.25, 0.3) is 0 Å². The smallest absolute Gasteiger partial charge is 0.0584 e. The molecule has 0 aromatic heterocycles. The van der Waals surface area contributed by atoms with Gasteiger partial charge < -0.3 is 10.5 Å². The third-order valence-electron chi connectivity index (χ3n) is 2.27. The number of hydrogen-bond acceptors (Lipinski definition) is 3. The molecule has 3 nitrogen and oxygen atoms in total. The lowest BCUT2D eigenvalue weighted by Gasteiger charge is -2.07. The zero-order valence-electron chi connectivity index (χ0n) is 8.04. The summed E-state index contributed by atoms with van der Waals surface area (Å²) >= 11 is 0. The fraction of sp³-hybridized carbons (Fsp3) is 1.00. The largest absolute Gasteiger partial charge is 0.378 e. The van der Waals surface area contributed by atoms with E-state index in [1.54, 1.807) is 0 Å². The van der Waals surface area contributed by atoms with Crippen molar-refractivity contribution in [3.63, 3.8) is 0 Å². The second-order valence-electron chi connectivity index (χ2n) is 3.41. The van der Waals surface area contributed by atoms with E-state index >= 15 is 0 Å². The van der Waals surface area contributed by atoms with Crippen LogP contribution in [-0.2, 0) is 15.5 Å². The number of hydrogen-bond donors (Lipinski definition) is 1. The molecule has 2 atom stereocenters. The third-order valence-corrected chi connectivity index (χ3v) is 3.70. The topological polar surface area (TPSA) is 52.3 Å². The van der Waals surface area contributed by atoms with E-state index in [2.05, 4.69) is 0 Å². The highest BCUT2D eigenvalue weighted by molar-refractivity contribution is 7.84. The minimum Gasteiger partial charge on any atom is -0.378 e. The highest BCUT2D eigenvalue weighted by atomic mass is 32.2. The van der Waals surface area contributed by atoms with Gasteiger partial charge in [0.25, 0.3) is 0 Å². The zero-order valence-corrected chi connectivity index (χ0v) is 8.85. The van der Waals surface area contributed by atoms with Gasteiger partial charge in [-0.25, -0.2) is 0 Å². The van der Waals surface area contributed by atoms with Crippen molar-refractivity contribution in [2.75, 3.05) is 24.7 Å². The molecule has 13 heavy (non-hydrogen) atoms. The van der Waals surface area contributed by atoms with Gasteiger partial charge in [-0.1, -0.05) is 0 Å². The van der Waals surface area contributed by atoms with Gasteiger partial charge in [-0.3, -0.25) is 4.21 Å². The van der Waals surface area contributed by atoms with Gasteiger partial charge in [0, 0.05) is 28.9 Å². The van der Waals surface area contributed by atoms with Gasteiger partial charge in [0.05, 0.1) is 6.10 Å². The Morgan fingerprint density at radius 2 is 2.31 bits per heavy atom. The summed E-state index contributed by atoms with van der Waals surface area (Å²) in [4.78, 5) is 0. The number of nitrogens with two attached hydrogens (primary N) is 1. The van der Waals surface area contributed by atoms with E-state index in [0.29, 0.717) is 12.6 Å². The summed E-state index contributed by atoms with van der Waals surface area (Å²) in [5.74, 6) is 1.54. The van der Waals surface area contributed by atoms with E-state index in [4.69, 9.17) is 10.5 Å². The molecule has 0 aromatic carbocycles. The molecule has 2 unspecified atom stereocenters. The summed E-state index contributed by atoms with van der Waals surface area (Å²) in [5, 5.41) is 0. The molecule has 1 rings (SSSR count). The van der Waals surface area contributed by atoms with Crippen molar-refractivity contribution in [1.29, 1.82) is 0 Å². The van der Waals surface area contributed by atoms with Gasteiger partial charge >= 0.3 is 0 Å². The maximum absolute atomic E-state index is 11.4. The van der Waals surface area contributed by atoms with Gasteiger partial charge in [0.2, 0.25) is 0 Å². The molecule has 0 bridgehead atoms. The first-order valence-corrected chi connectivity index (χ1v) is 6.48. The average Bonchev–Trinajstić information content (AvgIpc) is 2.64. The molecule has 1 fully saturated rings. The quantitative estimate of drug-likeness (QED) is 0.693. The van der Waals surface area contributed by atoms with Crippen LogP contribution in [0, 0.1) is 0 Å². The fourth-order valence-electron chi connectivity index (χ4n) is 1.48. The molecule has 0 aromatic rings. The van der Waals surface area contributed by atoms with Crippen molar-refractivity contribution in [2.45, 2.75) is 31.8 Å². The molecule has 4 heteroatoms. The molecular formula is C9H19NO2S. The first kappa shape index (κ1) is 11.1. The molecule has 1 aliphatic heterocycles. The Hall–Kier alpha value is 0.0700. The van der Waals surface area contributed by atoms with Crippen molar-refractivity contribution in [3.8, 4) is 0 Å². The van der Waals surface area contributed by atoms with Crippen LogP contribution in [0.4, 0.5) is 0 Å². The minimum atomic E-state index is -0.676. The van der Waals surface area contributed by atoms with E-state index < -0.39 is 10.8 Å². The molecule has 0 amide bonds. The lowest BCUT2D eigenvalue weighted by Crippen LogP contribution is -2.13. The van der Waals surface area contributed by atoms with Crippen molar-refractivity contribution in [1.82, 2.24) is 0 Å². The average molecular weight is 205 g/mol. The van der Waals surface area contributed by atoms with Crippen LogP contribution in [0.5, 0.6) is 0 Å². The summed E-state index contributed by atoms with van der Waals surface area (Å²) in [5.41, 5.74) is 5.34. The Morgan fingerprint density at radius 3 is 2.92 bits per heavy atom. The number of rotatable bonds is 6. The Kier molecular flexibility index (Phi) is 5.58. The normalized spacial score (nSPS) is 24.8. The minimum absolute atomic E-state index is 0.377. The summed E-state index contributed by atoms with van der Waals surface area (Å²) in [6.45, 7) is 1.53. The maximum Gasteiger partial charge on any atom is 0.0584 e. The van der Waals surface area contributed by atoms with Crippen molar-refractivity contribution < 1.29 is 8.95 Å². The molecule has 1 saturated heterocycles. The highest BCUT2D eigenvalue weighted by Crippen LogP contribution is 2.15. The van der Waals surface area contributed by atoms with Gasteiger partial charge in [0.1, 0.15) is 0 Å². The Bertz CT molecular complexity index is 158. The first-order valence-electron chi connectivity index (χ1n) is 4.99. The van der Waals surface area contributed by atoms with Gasteiger partial charge in [-0.05, 0) is 32.2 Å². The highest BCUT2D eigenvalue weighted by Gasteiger charge is 2.15. The summed E-state index contributed by atoms with van der Waals surface area (Å²) in [6, 6.07) is 0. The van der Waals surface area contributed by atoms with Crippen LogP contribution in [0.1, 0.15) is 25.7 Å². The standard InChI is InChI=1S/C9H19NO2S/c10-5-2-7-13(11)8-4-9-3-1-6-12-9/h9H,1-8,10H2. The summed E-state index contributed by atoms with van der Waals surface area (Å²) in [6.07, 6.45) is 4.52. The molecule has 0 spiro atoms. The first-order chi connectivity index (χ1) is 6.33. The van der Waals surface area contributed by atoms with Gasteiger partial charge in [0.15, 0.2) is 0 Å². The fourth-order valence-corrected chi connectivity index (χ4v) is 2.70. The number of ether oxygens (including phenoxy) is 1. The lowest BCUT2D eigenvalue weighted by molar-refractivity contribution is 0.109. The van der Waals surface area contributed by atoms with Crippen LogP contribution in [-0.4, -0.2) is 35.0 Å². The SMILES string of the molecule is NCCCS(=O)CCC1CCCO1. The van der Waals surface area contributed by atoms with Crippen molar-refractivity contribution in [3.05, 3.63) is 0 Å². The summed E-state index contributed by atoms with van der Waals surface area (Å²) in [7, 11) is -0.676. The van der Waals surface area contributed by atoms with Crippen LogP contribution in [0.15, 0.2) is 0 Å². The molecule has 78 valence electrons. The van der Waals surface area contributed by atoms with Crippen LogP contribution < -0.4 is 5.73 Å². The molecule has 0 aliphatic carbocycles. The zero-order chi connectivity index (χ0) is 9.52. The second kappa shape index (κ2) is 6.51. The predicted molar refractivity (Wildman–Crippen MR) is 55.1 cm³/mol. The monoisotopic (exact) mass is 205 g/mol. The van der Waals surface area contributed by atoms with Gasteiger partial charge in [-0.2, -0.15) is 0 Å². The van der Waals surface area contributed by atoms with Crippen LogP contribution in [0.3, 0.4) is 0 Å². The predicted octanol–water partition coefficient (Wildman–Crippen LogP) is 0.653. The Morgan fingerprint density at radius 1 is 1.46 bits per heavy atom. The van der Waals surface area contributed by atoms with Crippen LogP contribution >= 0.6 is 0 Å². The molecule has 0 radical (unpaired) electrons. The van der Waals surface area contributed by atoms with Crippen LogP contribution in [0.2, 0.25) is 0 Å². The van der Waals surface area contributed by atoms with E-state index in [0.717, 1.165) is 37.4 Å². The van der Waals surface area contributed by atoms with Gasteiger partial charge in [-0.15, -0.1) is 0 Å². The van der Waals surface area contributed by atoms with Crippen molar-refractivity contribution >= 4 is 10.8 Å². The molecule has 1 heterocycles. The van der Waals surface area contributed by atoms with E-state index in [-0.39, 0.29) is 0 Å². The third kappa shape index (κ3) is 4.74. The Labute approximate surface area is 82.5 Å². The molecular weight excluding hydrogens is 186 g/mol. The van der Waals surface area contributed by atoms with E-state index in [1.807, 2.05) is 0 Å². The Balaban J connectivity index is 2.00. The molecule has 2 N–H and O–H groups in total.